The van der Waals surface area contributed by atoms with Crippen LogP contribution in [0.1, 0.15) is 11.4 Å². The van der Waals surface area contributed by atoms with Gasteiger partial charge in [0.2, 0.25) is 5.16 Å². The van der Waals surface area contributed by atoms with Gasteiger partial charge in [0, 0.05) is 11.3 Å². The Morgan fingerprint density at radius 1 is 0.938 bits per heavy atom. The Bertz CT molecular complexity index is 1370. The van der Waals surface area contributed by atoms with Crippen LogP contribution < -0.4 is 10.6 Å². The molecule has 32 heavy (non-hydrogen) atoms. The third-order valence-corrected chi connectivity index (χ3v) is 6.20. The second-order valence-electron chi connectivity index (χ2n) is 7.38. The van der Waals surface area contributed by atoms with Crippen LogP contribution in [0.3, 0.4) is 0 Å². The molecule has 0 atom stereocenters. The fourth-order valence-corrected chi connectivity index (χ4v) is 4.37. The first kappa shape index (κ1) is 20.1. The Hall–Kier alpha value is -3.78. The lowest BCUT2D eigenvalue weighted by molar-refractivity contribution is 0.414. The van der Waals surface area contributed by atoms with Gasteiger partial charge in [0.1, 0.15) is 11.6 Å². The van der Waals surface area contributed by atoms with Gasteiger partial charge in [0.05, 0.1) is 23.9 Å². The predicted molar refractivity (Wildman–Crippen MR) is 128 cm³/mol. The highest BCUT2D eigenvalue weighted by molar-refractivity contribution is 7.98. The molecule has 0 aliphatic carbocycles. The molecule has 0 saturated carbocycles. The van der Waals surface area contributed by atoms with Crippen LogP contribution in [0.25, 0.3) is 28.1 Å². The van der Waals surface area contributed by atoms with Crippen LogP contribution in [0.2, 0.25) is 0 Å². The number of methoxy groups -OCH3 is 1. The third kappa shape index (κ3) is 3.69. The number of aryl methyl sites for hydroxylation is 1. The number of para-hydroxylation sites is 2. The number of nitrogens with two attached hydrogens (primary N) is 1. The van der Waals surface area contributed by atoms with Crippen LogP contribution in [0.4, 0.5) is 0 Å². The molecule has 0 aliphatic heterocycles. The largest absolute Gasteiger partial charge is 0.497 e. The molecule has 2 heterocycles. The highest BCUT2D eigenvalue weighted by Crippen LogP contribution is 2.29. The smallest absolute Gasteiger partial charge is 0.210 e. The zero-order valence-corrected chi connectivity index (χ0v) is 18.6. The van der Waals surface area contributed by atoms with E-state index in [1.807, 2.05) is 73.7 Å². The van der Waals surface area contributed by atoms with Crippen LogP contribution in [0, 0.1) is 6.92 Å². The van der Waals surface area contributed by atoms with E-state index in [0.717, 1.165) is 33.9 Å². The zero-order valence-electron chi connectivity index (χ0n) is 17.8. The molecule has 0 unspecified atom stereocenters. The molecule has 8 heteroatoms. The van der Waals surface area contributed by atoms with Crippen molar-refractivity contribution in [2.75, 3.05) is 13.0 Å². The molecule has 3 aromatic carbocycles. The van der Waals surface area contributed by atoms with Gasteiger partial charge in [0.25, 0.3) is 0 Å². The monoisotopic (exact) mass is 442 g/mol. The van der Waals surface area contributed by atoms with Crippen molar-refractivity contribution in [3.63, 3.8) is 0 Å². The van der Waals surface area contributed by atoms with Crippen molar-refractivity contribution in [2.45, 2.75) is 17.8 Å². The minimum Gasteiger partial charge on any atom is -0.497 e. The molecule has 160 valence electrons. The summed E-state index contributed by atoms with van der Waals surface area (Å²) >= 11 is 1.51. The maximum Gasteiger partial charge on any atom is 0.210 e. The number of fused-ring (bicyclic) bond motifs is 1. The van der Waals surface area contributed by atoms with E-state index in [1.165, 1.54) is 22.0 Å². The molecule has 0 bridgehead atoms. The van der Waals surface area contributed by atoms with E-state index in [4.69, 9.17) is 15.6 Å². The van der Waals surface area contributed by atoms with Gasteiger partial charge in [-0.1, -0.05) is 53.7 Å². The summed E-state index contributed by atoms with van der Waals surface area (Å²) in [7, 11) is 1.66. The Morgan fingerprint density at radius 3 is 2.44 bits per heavy atom. The van der Waals surface area contributed by atoms with Crippen molar-refractivity contribution in [3.8, 4) is 22.8 Å². The maximum absolute atomic E-state index is 6.32. The summed E-state index contributed by atoms with van der Waals surface area (Å²) in [4.78, 5) is 4.86. The van der Waals surface area contributed by atoms with E-state index in [-0.39, 0.29) is 0 Å². The van der Waals surface area contributed by atoms with E-state index >= 15 is 0 Å². The highest BCUT2D eigenvalue weighted by atomic mass is 32.2. The second kappa shape index (κ2) is 8.39. The first-order chi connectivity index (χ1) is 15.6. The van der Waals surface area contributed by atoms with Crippen LogP contribution in [-0.4, -0.2) is 31.5 Å². The Kier molecular flexibility index (Phi) is 5.28. The van der Waals surface area contributed by atoms with Crippen molar-refractivity contribution >= 4 is 22.8 Å². The Morgan fingerprint density at radius 2 is 1.69 bits per heavy atom. The van der Waals surface area contributed by atoms with E-state index in [1.54, 1.807) is 7.11 Å². The second-order valence-corrected chi connectivity index (χ2v) is 8.32. The number of rotatable bonds is 6. The highest BCUT2D eigenvalue weighted by Gasteiger charge is 2.16. The Labute approximate surface area is 189 Å². The molecule has 5 rings (SSSR count). The predicted octanol–water partition coefficient (Wildman–Crippen LogP) is 4.61. The van der Waals surface area contributed by atoms with E-state index in [9.17, 15) is 0 Å². The number of imidazole rings is 1. The van der Waals surface area contributed by atoms with Gasteiger partial charge >= 0.3 is 0 Å². The van der Waals surface area contributed by atoms with Crippen molar-refractivity contribution in [1.29, 1.82) is 0 Å². The third-order valence-electron chi connectivity index (χ3n) is 5.27. The van der Waals surface area contributed by atoms with E-state index in [2.05, 4.69) is 20.8 Å². The number of aromatic nitrogens is 5. The SMILES string of the molecule is COc1ccc(-n2c(CSc3nnc(-c4ccc(C)cc4)n3N)nc3ccccc32)cc1. The molecular weight excluding hydrogens is 420 g/mol. The van der Waals surface area contributed by atoms with Gasteiger partial charge in [0.15, 0.2) is 5.82 Å². The van der Waals surface area contributed by atoms with Crippen molar-refractivity contribution < 1.29 is 4.74 Å². The van der Waals surface area contributed by atoms with Crippen molar-refractivity contribution in [2.24, 2.45) is 0 Å². The summed E-state index contributed by atoms with van der Waals surface area (Å²) in [5, 5.41) is 9.24. The average Bonchev–Trinajstić information content (AvgIpc) is 3.38. The lowest BCUT2D eigenvalue weighted by atomic mass is 10.1. The lowest BCUT2D eigenvalue weighted by Crippen LogP contribution is -2.11. The summed E-state index contributed by atoms with van der Waals surface area (Å²) < 4.78 is 9.00. The standard InChI is InChI=1S/C24H22N6OS/c1-16-7-9-17(10-8-16)23-27-28-24(30(23)25)32-15-22-26-20-5-3-4-6-21(20)29(22)18-11-13-19(31-2)14-12-18/h3-14H,15,25H2,1-2H3. The van der Waals surface area contributed by atoms with Crippen LogP contribution in [0.5, 0.6) is 5.75 Å². The quantitative estimate of drug-likeness (QED) is 0.305. The normalized spacial score (nSPS) is 11.2. The number of hydrogen-bond donors (Lipinski definition) is 1. The van der Waals surface area contributed by atoms with Gasteiger partial charge in [-0.15, -0.1) is 10.2 Å². The molecule has 0 amide bonds. The van der Waals surface area contributed by atoms with Gasteiger partial charge in [-0.2, -0.15) is 0 Å². The number of nitrogen functional groups attached to an aromatic ring is 1. The first-order valence-corrected chi connectivity index (χ1v) is 11.1. The molecule has 0 fully saturated rings. The number of ether oxygens (including phenoxy) is 1. The van der Waals surface area contributed by atoms with E-state index < -0.39 is 0 Å². The van der Waals surface area contributed by atoms with E-state index in [0.29, 0.717) is 16.7 Å². The van der Waals surface area contributed by atoms with Crippen LogP contribution >= 0.6 is 11.8 Å². The van der Waals surface area contributed by atoms with Crippen LogP contribution in [-0.2, 0) is 5.75 Å². The summed E-state index contributed by atoms with van der Waals surface area (Å²) in [5.41, 5.74) is 5.12. The fraction of sp³-hybridized carbons (Fsp3) is 0.125. The average molecular weight is 443 g/mol. The fourth-order valence-electron chi connectivity index (χ4n) is 3.60. The molecule has 5 aromatic rings. The number of thioether (sulfide) groups is 1. The van der Waals surface area contributed by atoms with Crippen molar-refractivity contribution in [1.82, 2.24) is 24.4 Å². The number of benzene rings is 3. The molecule has 2 N–H and O–H groups in total. The Balaban J connectivity index is 1.47. The summed E-state index contributed by atoms with van der Waals surface area (Å²) in [6.07, 6.45) is 0. The van der Waals surface area contributed by atoms with Crippen molar-refractivity contribution in [3.05, 3.63) is 84.2 Å². The summed E-state index contributed by atoms with van der Waals surface area (Å²) in [6.45, 7) is 2.05. The molecule has 0 aliphatic rings. The maximum atomic E-state index is 6.32. The molecule has 0 saturated heterocycles. The van der Waals surface area contributed by atoms with Gasteiger partial charge in [-0.05, 0) is 43.3 Å². The van der Waals surface area contributed by atoms with Crippen LogP contribution in [0.15, 0.2) is 78.0 Å². The minimum atomic E-state index is 0.587. The van der Waals surface area contributed by atoms with Gasteiger partial charge in [-0.25, -0.2) is 9.66 Å². The van der Waals surface area contributed by atoms with Gasteiger partial charge < -0.3 is 10.6 Å². The molecule has 2 aromatic heterocycles. The topological polar surface area (TPSA) is 83.8 Å². The minimum absolute atomic E-state index is 0.587. The number of hydrogen-bond acceptors (Lipinski definition) is 6. The first-order valence-electron chi connectivity index (χ1n) is 10.1. The summed E-state index contributed by atoms with van der Waals surface area (Å²) in [5.74, 6) is 9.26. The van der Waals surface area contributed by atoms with Gasteiger partial charge in [-0.3, -0.25) is 4.57 Å². The number of nitrogens with zero attached hydrogens (tertiary/aromatic N) is 5. The zero-order chi connectivity index (χ0) is 22.1. The lowest BCUT2D eigenvalue weighted by Gasteiger charge is -2.10. The molecular formula is C24H22N6OS. The molecule has 0 radical (unpaired) electrons. The summed E-state index contributed by atoms with van der Waals surface area (Å²) in [6, 6.07) is 24.1. The molecule has 7 nitrogen and oxygen atoms in total. The molecule has 0 spiro atoms.